The molecule has 1 aliphatic heterocycles. The fourth-order valence-electron chi connectivity index (χ4n) is 5.15. The van der Waals surface area contributed by atoms with Gasteiger partial charge >= 0.3 is 0 Å². The second-order valence-corrected chi connectivity index (χ2v) is 10.6. The van der Waals surface area contributed by atoms with Crippen LogP contribution in [0.2, 0.25) is 0 Å². The molecule has 2 aromatic heterocycles. The summed E-state index contributed by atoms with van der Waals surface area (Å²) >= 11 is 0. The highest BCUT2D eigenvalue weighted by atomic mass is 16.3. The number of benzene rings is 1. The van der Waals surface area contributed by atoms with Crippen molar-refractivity contribution in [1.29, 1.82) is 10.8 Å². The number of amidine groups is 1. The largest absolute Gasteiger partial charge is 0.507 e. The lowest BCUT2D eigenvalue weighted by Gasteiger charge is -2.49. The van der Waals surface area contributed by atoms with Crippen molar-refractivity contribution in [3.63, 3.8) is 0 Å². The molecule has 3 aromatic rings. The van der Waals surface area contributed by atoms with E-state index in [4.69, 9.17) is 10.8 Å². The van der Waals surface area contributed by atoms with Crippen LogP contribution in [0.3, 0.4) is 0 Å². The number of pyridine rings is 1. The molecular formula is C27H34N6O. The lowest BCUT2D eigenvalue weighted by atomic mass is 9.79. The third kappa shape index (κ3) is 5.04. The molecule has 4 rings (SSSR count). The summed E-state index contributed by atoms with van der Waals surface area (Å²) in [6, 6.07) is 9.54. The number of hydrogen-bond donors (Lipinski definition) is 4. The highest BCUT2D eigenvalue weighted by Crippen LogP contribution is 2.31. The van der Waals surface area contributed by atoms with Crippen molar-refractivity contribution in [3.8, 4) is 16.9 Å². The Morgan fingerprint density at radius 2 is 1.76 bits per heavy atom. The van der Waals surface area contributed by atoms with E-state index >= 15 is 0 Å². The number of likely N-dealkylation sites (N-methyl/N-ethyl adjacent to an activating group) is 1. The molecule has 0 aliphatic carbocycles. The minimum absolute atomic E-state index is 0.00646. The summed E-state index contributed by atoms with van der Waals surface area (Å²) < 4.78 is 1.93. The number of hydrogen-bond acceptors (Lipinski definition) is 5. The van der Waals surface area contributed by atoms with Gasteiger partial charge in [0.2, 0.25) is 0 Å². The molecule has 0 atom stereocenters. The van der Waals surface area contributed by atoms with E-state index in [1.807, 2.05) is 40.7 Å². The van der Waals surface area contributed by atoms with Crippen LogP contribution in [0.25, 0.3) is 16.6 Å². The van der Waals surface area contributed by atoms with Crippen LogP contribution < -0.4 is 5.32 Å². The summed E-state index contributed by atoms with van der Waals surface area (Å²) in [7, 11) is 1.95. The van der Waals surface area contributed by atoms with Crippen LogP contribution in [-0.2, 0) is 0 Å². The molecule has 0 amide bonds. The van der Waals surface area contributed by atoms with Gasteiger partial charge in [-0.2, -0.15) is 0 Å². The summed E-state index contributed by atoms with van der Waals surface area (Å²) in [5.74, 6) is 0.399. The summed E-state index contributed by atoms with van der Waals surface area (Å²) in [5.41, 5.74) is 3.39. The van der Waals surface area contributed by atoms with Crippen LogP contribution in [0, 0.1) is 10.8 Å². The van der Waals surface area contributed by atoms with Crippen LogP contribution >= 0.6 is 0 Å². The number of allylic oxidation sites excluding steroid dienone is 1. The Morgan fingerprint density at radius 3 is 2.44 bits per heavy atom. The van der Waals surface area contributed by atoms with Gasteiger partial charge in [0.05, 0.1) is 23.8 Å². The first-order valence-electron chi connectivity index (χ1n) is 11.6. The molecule has 0 unspecified atom stereocenters. The van der Waals surface area contributed by atoms with Gasteiger partial charge in [0.15, 0.2) is 0 Å². The molecule has 34 heavy (non-hydrogen) atoms. The summed E-state index contributed by atoms with van der Waals surface area (Å²) in [5, 5.41) is 31.3. The molecule has 0 spiro atoms. The molecule has 1 fully saturated rings. The van der Waals surface area contributed by atoms with Crippen LogP contribution in [0.15, 0.2) is 61.2 Å². The molecule has 7 heteroatoms. The molecule has 4 N–H and O–H groups in total. The Morgan fingerprint density at radius 1 is 1.09 bits per heavy atom. The zero-order chi connectivity index (χ0) is 24.7. The maximum atomic E-state index is 10.6. The minimum Gasteiger partial charge on any atom is -0.507 e. The normalized spacial score (nSPS) is 17.8. The van der Waals surface area contributed by atoms with Crippen molar-refractivity contribution in [3.05, 3.63) is 66.8 Å². The highest BCUT2D eigenvalue weighted by molar-refractivity contribution is 6.11. The van der Waals surface area contributed by atoms with Crippen molar-refractivity contribution in [1.82, 2.24) is 19.6 Å². The first-order valence-corrected chi connectivity index (χ1v) is 11.6. The predicted molar refractivity (Wildman–Crippen MR) is 138 cm³/mol. The van der Waals surface area contributed by atoms with Gasteiger partial charge < -0.3 is 25.1 Å². The van der Waals surface area contributed by atoms with Gasteiger partial charge in [0.25, 0.3) is 0 Å². The molecule has 0 radical (unpaired) electrons. The van der Waals surface area contributed by atoms with E-state index in [1.165, 1.54) is 0 Å². The zero-order valence-corrected chi connectivity index (χ0v) is 20.6. The Balaban J connectivity index is 1.46. The minimum atomic E-state index is -0.00646. The van der Waals surface area contributed by atoms with Crippen molar-refractivity contribution in [2.75, 3.05) is 7.05 Å². The van der Waals surface area contributed by atoms with E-state index in [9.17, 15) is 5.11 Å². The van der Waals surface area contributed by atoms with Crippen LogP contribution in [0.4, 0.5) is 0 Å². The van der Waals surface area contributed by atoms with Gasteiger partial charge in [-0.3, -0.25) is 5.41 Å². The molecule has 0 saturated carbocycles. The lowest BCUT2D eigenvalue weighted by Crippen LogP contribution is -2.62. The van der Waals surface area contributed by atoms with Gasteiger partial charge in [0.1, 0.15) is 11.6 Å². The van der Waals surface area contributed by atoms with Crippen molar-refractivity contribution < 1.29 is 5.11 Å². The maximum Gasteiger partial charge on any atom is 0.125 e. The van der Waals surface area contributed by atoms with Gasteiger partial charge in [0, 0.05) is 35.9 Å². The third-order valence-corrected chi connectivity index (χ3v) is 6.54. The Bertz CT molecular complexity index is 1250. The maximum absolute atomic E-state index is 10.6. The second-order valence-electron chi connectivity index (χ2n) is 10.6. The standard InChI is InChI=1S/C27H34N6O/c1-26(2)14-21(15-27(3,4)31-26)32(5)25(29)9-8-23(28)22-7-6-18(13-24(22)34)19-10-11-33-17-30-16-20(33)12-19/h6-13,16-17,21,28-29,31,34H,14-15H2,1-5H3/b9-8-,28-23?,29-25?. The Kier molecular flexibility index (Phi) is 6.08. The third-order valence-electron chi connectivity index (χ3n) is 6.54. The number of rotatable bonds is 5. The number of aromatic nitrogens is 2. The predicted octanol–water partition coefficient (Wildman–Crippen LogP) is 4.85. The van der Waals surface area contributed by atoms with Crippen molar-refractivity contribution in [2.24, 2.45) is 0 Å². The number of fused-ring (bicyclic) bond motifs is 1. The average molecular weight is 459 g/mol. The van der Waals surface area contributed by atoms with Crippen molar-refractivity contribution in [2.45, 2.75) is 57.7 Å². The highest BCUT2D eigenvalue weighted by Gasteiger charge is 2.39. The van der Waals surface area contributed by atoms with E-state index in [1.54, 1.807) is 36.8 Å². The van der Waals surface area contributed by atoms with Gasteiger partial charge in [-0.05, 0) is 88.1 Å². The topological polar surface area (TPSA) is 101 Å². The monoisotopic (exact) mass is 458 g/mol. The van der Waals surface area contributed by atoms with Crippen molar-refractivity contribution >= 4 is 17.1 Å². The summed E-state index contributed by atoms with van der Waals surface area (Å²) in [4.78, 5) is 6.13. The van der Waals surface area contributed by atoms with Gasteiger partial charge in [-0.15, -0.1) is 0 Å². The fraction of sp³-hybridized carbons (Fsp3) is 0.370. The van der Waals surface area contributed by atoms with Gasteiger partial charge in [-0.1, -0.05) is 6.07 Å². The molecular weight excluding hydrogens is 424 g/mol. The van der Waals surface area contributed by atoms with E-state index in [0.29, 0.717) is 11.4 Å². The number of nitrogens with one attached hydrogen (secondary N) is 3. The van der Waals surface area contributed by atoms with Gasteiger partial charge in [-0.25, -0.2) is 4.98 Å². The van der Waals surface area contributed by atoms with E-state index < -0.39 is 0 Å². The summed E-state index contributed by atoms with van der Waals surface area (Å²) in [6.45, 7) is 8.79. The molecule has 3 heterocycles. The van der Waals surface area contributed by atoms with Crippen LogP contribution in [0.5, 0.6) is 5.75 Å². The van der Waals surface area contributed by atoms with E-state index in [2.05, 4.69) is 38.0 Å². The molecule has 7 nitrogen and oxygen atoms in total. The quantitative estimate of drug-likeness (QED) is 0.324. The van der Waals surface area contributed by atoms with Crippen LogP contribution in [-0.4, -0.2) is 55.1 Å². The second kappa shape index (κ2) is 8.72. The Labute approximate surface area is 201 Å². The smallest absolute Gasteiger partial charge is 0.125 e. The molecule has 1 aliphatic rings. The van der Waals surface area contributed by atoms with E-state index in [-0.39, 0.29) is 28.6 Å². The number of aromatic hydroxyl groups is 1. The van der Waals surface area contributed by atoms with E-state index in [0.717, 1.165) is 29.5 Å². The number of piperidine rings is 1. The van der Waals surface area contributed by atoms with Crippen LogP contribution in [0.1, 0.15) is 46.1 Å². The number of phenolic OH excluding ortho intramolecular Hbond substituents is 1. The SMILES string of the molecule is CN(C(=N)/C=C\C(=N)c1ccc(-c2ccn3cncc3c2)cc1O)C1CC(C)(C)NC(C)(C)C1. The zero-order valence-electron chi connectivity index (χ0n) is 20.6. The molecule has 1 aromatic carbocycles. The fourth-order valence-corrected chi connectivity index (χ4v) is 5.15. The Hall–Kier alpha value is -3.45. The first-order chi connectivity index (χ1) is 15.9. The lowest BCUT2D eigenvalue weighted by molar-refractivity contribution is 0.114. The number of nitrogens with zero attached hydrogens (tertiary/aromatic N) is 3. The molecule has 0 bridgehead atoms. The molecule has 1 saturated heterocycles. The average Bonchev–Trinajstić information content (AvgIpc) is 3.22. The number of imidazole rings is 1. The summed E-state index contributed by atoms with van der Waals surface area (Å²) in [6.07, 6.45) is 10.6. The first kappa shape index (κ1) is 23.7. The molecule has 178 valence electrons. The number of phenols is 1.